The number of carbonyl (C=O) groups excluding carboxylic acids is 1. The highest BCUT2D eigenvalue weighted by atomic mass is 16.1. The third-order valence-corrected chi connectivity index (χ3v) is 4.49. The second-order valence-electron chi connectivity index (χ2n) is 5.81. The minimum absolute atomic E-state index is 0.0576. The van der Waals surface area contributed by atoms with E-state index in [0.717, 1.165) is 19.6 Å². The molecule has 6 nitrogen and oxygen atoms in total. The molecule has 3 atom stereocenters. The van der Waals surface area contributed by atoms with Gasteiger partial charge in [-0.2, -0.15) is 5.26 Å². The average molecular weight is 281 g/mol. The molecule has 106 valence electrons. The Hall–Kier alpha value is -2.39. The van der Waals surface area contributed by atoms with Crippen LogP contribution in [0.3, 0.4) is 0 Å². The molecule has 0 aliphatic carbocycles. The van der Waals surface area contributed by atoms with Crippen LogP contribution in [0.5, 0.6) is 0 Å². The van der Waals surface area contributed by atoms with Gasteiger partial charge in [0.05, 0.1) is 0 Å². The summed E-state index contributed by atoms with van der Waals surface area (Å²) >= 11 is 0. The van der Waals surface area contributed by atoms with Gasteiger partial charge in [-0.05, 0) is 31.0 Å². The van der Waals surface area contributed by atoms with Gasteiger partial charge in [-0.1, -0.05) is 0 Å². The number of nitrogens with one attached hydrogen (secondary N) is 1. The molecule has 2 saturated heterocycles. The summed E-state index contributed by atoms with van der Waals surface area (Å²) in [6.45, 7) is 3.23. The number of rotatable bonds is 2. The molecular formula is C15H15N5O. The zero-order valence-corrected chi connectivity index (χ0v) is 11.5. The van der Waals surface area contributed by atoms with Crippen LogP contribution in [0.25, 0.3) is 5.65 Å². The summed E-state index contributed by atoms with van der Waals surface area (Å²) < 4.78 is 1.75. The normalized spacial score (nSPS) is 26.9. The second-order valence-corrected chi connectivity index (χ2v) is 5.81. The van der Waals surface area contributed by atoms with E-state index in [0.29, 0.717) is 22.8 Å². The van der Waals surface area contributed by atoms with Crippen molar-refractivity contribution in [3.63, 3.8) is 0 Å². The van der Waals surface area contributed by atoms with Crippen molar-refractivity contribution in [2.75, 3.05) is 19.6 Å². The molecule has 2 aromatic rings. The fraction of sp³-hybridized carbons (Fsp3) is 0.400. The first kappa shape index (κ1) is 12.4. The zero-order valence-electron chi connectivity index (χ0n) is 11.5. The van der Waals surface area contributed by atoms with Crippen molar-refractivity contribution >= 4 is 11.6 Å². The molecule has 2 unspecified atom stereocenters. The molecule has 4 heterocycles. The monoisotopic (exact) mass is 281 g/mol. The van der Waals surface area contributed by atoms with Crippen molar-refractivity contribution in [3.8, 4) is 6.07 Å². The van der Waals surface area contributed by atoms with Crippen LogP contribution in [0.1, 0.15) is 22.5 Å². The lowest BCUT2D eigenvalue weighted by atomic mass is 10.00. The first-order chi connectivity index (χ1) is 10.2. The van der Waals surface area contributed by atoms with Crippen molar-refractivity contribution in [1.82, 2.24) is 19.6 Å². The number of amides is 1. The highest BCUT2D eigenvalue weighted by molar-refractivity contribution is 5.95. The van der Waals surface area contributed by atoms with Crippen LogP contribution in [0.15, 0.2) is 24.5 Å². The van der Waals surface area contributed by atoms with Crippen LogP contribution in [0.4, 0.5) is 0 Å². The molecule has 0 spiro atoms. The summed E-state index contributed by atoms with van der Waals surface area (Å²) in [4.78, 5) is 18.9. The largest absolute Gasteiger partial charge is 0.348 e. The third kappa shape index (κ3) is 2.06. The lowest BCUT2D eigenvalue weighted by Gasteiger charge is -2.23. The summed E-state index contributed by atoms with van der Waals surface area (Å²) in [5.74, 6) is 0.534. The van der Waals surface area contributed by atoms with Crippen LogP contribution in [0, 0.1) is 17.2 Å². The van der Waals surface area contributed by atoms with Crippen LogP contribution >= 0.6 is 0 Å². The van der Waals surface area contributed by atoms with Gasteiger partial charge in [0, 0.05) is 37.1 Å². The van der Waals surface area contributed by atoms with Gasteiger partial charge in [0.25, 0.3) is 5.91 Å². The van der Waals surface area contributed by atoms with Crippen LogP contribution in [-0.4, -0.2) is 45.9 Å². The molecule has 21 heavy (non-hydrogen) atoms. The number of imidazole rings is 1. The van der Waals surface area contributed by atoms with Gasteiger partial charge in [0.1, 0.15) is 11.7 Å². The van der Waals surface area contributed by atoms with E-state index in [9.17, 15) is 4.79 Å². The third-order valence-electron chi connectivity index (χ3n) is 4.49. The Bertz CT molecular complexity index is 759. The van der Waals surface area contributed by atoms with Gasteiger partial charge >= 0.3 is 0 Å². The van der Waals surface area contributed by atoms with Crippen molar-refractivity contribution < 1.29 is 4.79 Å². The highest BCUT2D eigenvalue weighted by Crippen LogP contribution is 2.27. The van der Waals surface area contributed by atoms with E-state index in [1.54, 1.807) is 28.9 Å². The smallest absolute Gasteiger partial charge is 0.251 e. The van der Waals surface area contributed by atoms with E-state index in [2.05, 4.69) is 15.2 Å². The molecule has 0 saturated carbocycles. The van der Waals surface area contributed by atoms with Gasteiger partial charge in [-0.3, -0.25) is 4.79 Å². The van der Waals surface area contributed by atoms with E-state index < -0.39 is 0 Å². The topological polar surface area (TPSA) is 73.4 Å². The van der Waals surface area contributed by atoms with Crippen LogP contribution in [-0.2, 0) is 0 Å². The Balaban J connectivity index is 1.55. The molecular weight excluding hydrogens is 266 g/mol. The highest BCUT2D eigenvalue weighted by Gasteiger charge is 2.38. The molecule has 0 radical (unpaired) electrons. The Labute approximate surface area is 122 Å². The Kier molecular flexibility index (Phi) is 2.69. The van der Waals surface area contributed by atoms with Crippen LogP contribution < -0.4 is 5.32 Å². The van der Waals surface area contributed by atoms with E-state index in [4.69, 9.17) is 5.26 Å². The predicted octanol–water partition coefficient (Wildman–Crippen LogP) is 0.640. The van der Waals surface area contributed by atoms with Crippen molar-refractivity contribution in [2.45, 2.75) is 12.5 Å². The van der Waals surface area contributed by atoms with Crippen LogP contribution in [0.2, 0.25) is 0 Å². The SMILES string of the molecule is N#Cc1cn2ccc(C(=O)NC3CN4CC[C@H]3C4)cc2n1. The maximum absolute atomic E-state index is 12.4. The quantitative estimate of drug-likeness (QED) is 0.876. The summed E-state index contributed by atoms with van der Waals surface area (Å²) in [7, 11) is 0. The molecule has 6 heteroatoms. The number of pyridine rings is 1. The Morgan fingerprint density at radius 3 is 3.10 bits per heavy atom. The minimum Gasteiger partial charge on any atom is -0.348 e. The van der Waals surface area contributed by atoms with Crippen molar-refractivity contribution in [3.05, 3.63) is 35.8 Å². The maximum Gasteiger partial charge on any atom is 0.251 e. The molecule has 2 aromatic heterocycles. The predicted molar refractivity (Wildman–Crippen MR) is 75.7 cm³/mol. The standard InChI is InChI=1S/C15H15N5O/c16-6-12-8-20-4-2-10(5-14(20)17-12)15(21)18-13-9-19-3-1-11(13)7-19/h2,4-5,8,11,13H,1,3,7,9H2,(H,18,21)/t11-,13?/m0/s1. The number of aromatic nitrogens is 2. The van der Waals surface area contributed by atoms with E-state index in [1.165, 1.54) is 6.42 Å². The number of piperidine rings is 1. The molecule has 1 N–H and O–H groups in total. The number of carbonyl (C=O) groups is 1. The first-order valence-electron chi connectivity index (χ1n) is 7.15. The van der Waals surface area contributed by atoms with Gasteiger partial charge in [0.15, 0.2) is 5.69 Å². The molecule has 2 aliphatic heterocycles. The van der Waals surface area contributed by atoms with Crippen molar-refractivity contribution in [2.24, 2.45) is 5.92 Å². The van der Waals surface area contributed by atoms with Gasteiger partial charge in [-0.25, -0.2) is 4.98 Å². The number of hydrogen-bond donors (Lipinski definition) is 1. The second kappa shape index (κ2) is 4.57. The van der Waals surface area contributed by atoms with E-state index in [-0.39, 0.29) is 11.9 Å². The summed E-state index contributed by atoms with van der Waals surface area (Å²) in [5.41, 5.74) is 1.57. The molecule has 4 rings (SSSR count). The number of nitriles is 1. The Morgan fingerprint density at radius 1 is 1.48 bits per heavy atom. The summed E-state index contributed by atoms with van der Waals surface area (Å²) in [6.07, 6.45) is 4.60. The first-order valence-corrected chi connectivity index (χ1v) is 7.15. The summed E-state index contributed by atoms with van der Waals surface area (Å²) in [6, 6.07) is 5.75. The van der Waals surface area contributed by atoms with Crippen molar-refractivity contribution in [1.29, 1.82) is 5.26 Å². The number of nitrogens with zero attached hydrogens (tertiary/aromatic N) is 4. The lowest BCUT2D eigenvalue weighted by molar-refractivity contribution is 0.0924. The molecule has 0 aromatic carbocycles. The Morgan fingerprint density at radius 2 is 2.38 bits per heavy atom. The molecule has 1 amide bonds. The fourth-order valence-corrected chi connectivity index (χ4v) is 3.38. The molecule has 2 bridgehead atoms. The maximum atomic E-state index is 12.4. The molecule has 2 fully saturated rings. The number of hydrogen-bond acceptors (Lipinski definition) is 4. The minimum atomic E-state index is -0.0576. The summed E-state index contributed by atoms with van der Waals surface area (Å²) in [5, 5.41) is 12.0. The zero-order chi connectivity index (χ0) is 14.4. The van der Waals surface area contributed by atoms with Gasteiger partial charge in [-0.15, -0.1) is 0 Å². The lowest BCUT2D eigenvalue weighted by Crippen LogP contribution is -2.43. The fourth-order valence-electron chi connectivity index (χ4n) is 3.38. The average Bonchev–Trinajstić information content (AvgIpc) is 3.20. The van der Waals surface area contributed by atoms with Gasteiger partial charge in [0.2, 0.25) is 0 Å². The van der Waals surface area contributed by atoms with E-state index in [1.807, 2.05) is 6.07 Å². The molecule has 2 aliphatic rings. The van der Waals surface area contributed by atoms with E-state index >= 15 is 0 Å². The van der Waals surface area contributed by atoms with Gasteiger partial charge < -0.3 is 14.6 Å². The number of fused-ring (bicyclic) bond motifs is 3.